The Balaban J connectivity index is 1.54. The maximum atomic E-state index is 14.2. The van der Waals surface area contributed by atoms with Crippen molar-refractivity contribution >= 4 is 21.0 Å². The van der Waals surface area contributed by atoms with Crippen LogP contribution in [0.4, 0.5) is 8.78 Å². The molecule has 2 heterocycles. The van der Waals surface area contributed by atoms with Gasteiger partial charge in [0, 0.05) is 23.6 Å². The first-order valence-corrected chi connectivity index (χ1v) is 13.0. The Morgan fingerprint density at radius 1 is 0.971 bits per heavy atom. The number of piperidine rings is 1. The van der Waals surface area contributed by atoms with Crippen LogP contribution >= 0.6 is 0 Å². The molecule has 8 heteroatoms. The minimum Gasteiger partial charge on any atom is -0.379 e. The summed E-state index contributed by atoms with van der Waals surface area (Å²) in [5.74, 6) is -2.30. The van der Waals surface area contributed by atoms with Gasteiger partial charge in [-0.15, -0.1) is 0 Å². The van der Waals surface area contributed by atoms with Gasteiger partial charge in [-0.25, -0.2) is 8.78 Å². The van der Waals surface area contributed by atoms with Gasteiger partial charge in [0.15, 0.2) is 11.6 Å². The molecule has 3 aromatic carbocycles. The average Bonchev–Trinajstić information content (AvgIpc) is 3.19. The van der Waals surface area contributed by atoms with Crippen LogP contribution in [0.5, 0.6) is 5.75 Å². The van der Waals surface area contributed by atoms with Crippen LogP contribution in [0, 0.1) is 11.6 Å². The Morgan fingerprint density at radius 3 is 2.46 bits per heavy atom. The number of hydrogen-bond acceptors (Lipinski definition) is 4. The number of likely N-dealkylation sites (tertiary alicyclic amines) is 1. The third-order valence-corrected chi connectivity index (χ3v) is 7.89. The molecule has 0 aliphatic carbocycles. The summed E-state index contributed by atoms with van der Waals surface area (Å²) in [6.45, 7) is 2.65. The first-order chi connectivity index (χ1) is 16.8. The van der Waals surface area contributed by atoms with Gasteiger partial charge in [0.2, 0.25) is 0 Å². The summed E-state index contributed by atoms with van der Waals surface area (Å²) in [4.78, 5) is 1.48. The smallest absolute Gasteiger partial charge is 0.342 e. The van der Waals surface area contributed by atoms with Crippen molar-refractivity contribution in [3.05, 3.63) is 95.7 Å². The van der Waals surface area contributed by atoms with Crippen molar-refractivity contribution < 1.29 is 21.4 Å². The van der Waals surface area contributed by atoms with Crippen molar-refractivity contribution in [2.75, 3.05) is 20.1 Å². The van der Waals surface area contributed by atoms with Crippen molar-refractivity contribution in [2.45, 2.75) is 30.2 Å². The van der Waals surface area contributed by atoms with Gasteiger partial charge in [0.25, 0.3) is 0 Å². The minimum absolute atomic E-state index is 0.0628. The summed E-state index contributed by atoms with van der Waals surface area (Å²) in [5, 5.41) is 0.905. The van der Waals surface area contributed by atoms with Crippen LogP contribution in [0.3, 0.4) is 0 Å². The van der Waals surface area contributed by atoms with E-state index in [4.69, 9.17) is 4.18 Å². The third kappa shape index (κ3) is 4.81. The molecule has 1 fully saturated rings. The van der Waals surface area contributed by atoms with Crippen LogP contribution in [-0.2, 0) is 16.7 Å². The molecule has 5 rings (SSSR count). The second-order valence-electron chi connectivity index (χ2n) is 9.04. The normalized spacial score (nSPS) is 15.5. The van der Waals surface area contributed by atoms with E-state index in [1.54, 1.807) is 12.1 Å². The van der Waals surface area contributed by atoms with Gasteiger partial charge in [-0.2, -0.15) is 8.42 Å². The molecule has 182 valence electrons. The van der Waals surface area contributed by atoms with E-state index in [-0.39, 0.29) is 5.75 Å². The number of halogens is 2. The van der Waals surface area contributed by atoms with Crippen LogP contribution in [-0.4, -0.2) is 38.0 Å². The lowest BCUT2D eigenvalue weighted by molar-refractivity contribution is 0.256. The highest BCUT2D eigenvalue weighted by Crippen LogP contribution is 2.37. The molecule has 0 saturated carbocycles. The van der Waals surface area contributed by atoms with Gasteiger partial charge in [-0.05, 0) is 80.4 Å². The summed E-state index contributed by atoms with van der Waals surface area (Å²) < 4.78 is 60.7. The zero-order chi connectivity index (χ0) is 24.6. The molecule has 0 radical (unpaired) electrons. The van der Waals surface area contributed by atoms with Crippen LogP contribution in [0.2, 0.25) is 0 Å². The molecule has 0 spiro atoms. The van der Waals surface area contributed by atoms with Gasteiger partial charge < -0.3 is 13.7 Å². The van der Waals surface area contributed by atoms with Crippen molar-refractivity contribution in [2.24, 2.45) is 0 Å². The maximum absolute atomic E-state index is 14.2. The molecule has 4 aromatic rings. The van der Waals surface area contributed by atoms with E-state index in [0.717, 1.165) is 66.2 Å². The summed E-state index contributed by atoms with van der Waals surface area (Å²) in [5.41, 5.74) is 3.26. The van der Waals surface area contributed by atoms with Gasteiger partial charge in [0.05, 0.1) is 0 Å². The topological polar surface area (TPSA) is 51.5 Å². The summed E-state index contributed by atoms with van der Waals surface area (Å²) in [7, 11) is -2.44. The molecular formula is C27H26F2N2O3S. The van der Waals surface area contributed by atoms with Gasteiger partial charge >= 0.3 is 10.1 Å². The lowest BCUT2D eigenvalue weighted by Crippen LogP contribution is -2.29. The Labute approximate surface area is 203 Å². The van der Waals surface area contributed by atoms with Gasteiger partial charge in [-0.1, -0.05) is 36.4 Å². The van der Waals surface area contributed by atoms with E-state index in [0.29, 0.717) is 12.5 Å². The lowest BCUT2D eigenvalue weighted by atomic mass is 9.89. The third-order valence-electron chi connectivity index (χ3n) is 6.63. The van der Waals surface area contributed by atoms with E-state index in [2.05, 4.69) is 34.8 Å². The van der Waals surface area contributed by atoms with E-state index in [1.165, 1.54) is 0 Å². The first kappa shape index (κ1) is 23.5. The molecule has 0 amide bonds. The van der Waals surface area contributed by atoms with Gasteiger partial charge in [0.1, 0.15) is 10.6 Å². The number of benzene rings is 3. The van der Waals surface area contributed by atoms with Crippen molar-refractivity contribution in [3.63, 3.8) is 0 Å². The maximum Gasteiger partial charge on any atom is 0.342 e. The molecule has 1 aromatic heterocycles. The predicted molar refractivity (Wildman–Crippen MR) is 131 cm³/mol. The molecule has 0 unspecified atom stereocenters. The molecule has 0 bridgehead atoms. The highest BCUT2D eigenvalue weighted by Gasteiger charge is 2.26. The molecule has 0 atom stereocenters. The number of nitrogens with zero attached hydrogens (tertiary/aromatic N) is 2. The number of rotatable bonds is 6. The molecule has 0 N–H and O–H groups in total. The average molecular weight is 497 g/mol. The Kier molecular flexibility index (Phi) is 6.34. The molecular weight excluding hydrogens is 470 g/mol. The monoisotopic (exact) mass is 496 g/mol. The summed E-state index contributed by atoms with van der Waals surface area (Å²) in [6.07, 6.45) is 4.15. The number of fused-ring (bicyclic) bond motifs is 1. The Bertz CT molecular complexity index is 1460. The lowest BCUT2D eigenvalue weighted by Gasteiger charge is -2.28. The predicted octanol–water partition coefficient (Wildman–Crippen LogP) is 5.54. The molecule has 1 aliphatic heterocycles. The Hall–Kier alpha value is -3.23. The second-order valence-corrected chi connectivity index (χ2v) is 10.6. The van der Waals surface area contributed by atoms with E-state index in [1.807, 2.05) is 24.3 Å². The standard InChI is InChI=1S/C27H26F2N2O3S/c1-30-14-12-20(13-15-30)23-18-31(17-19-6-3-2-4-7-19)25-11-10-21(16-22(23)25)34-35(32,33)26-9-5-8-24(28)27(26)29/h2-11,16,18,20H,12-15,17H2,1H3. The van der Waals surface area contributed by atoms with E-state index < -0.39 is 26.6 Å². The molecule has 1 saturated heterocycles. The van der Waals surface area contributed by atoms with Crippen LogP contribution in [0.25, 0.3) is 10.9 Å². The second kappa shape index (κ2) is 9.43. The highest BCUT2D eigenvalue weighted by atomic mass is 32.2. The SMILES string of the molecule is CN1CCC(c2cn(Cc3ccccc3)c3ccc(OS(=O)(=O)c4cccc(F)c4F)cc23)CC1. The number of hydrogen-bond donors (Lipinski definition) is 0. The largest absolute Gasteiger partial charge is 0.379 e. The molecule has 1 aliphatic rings. The fourth-order valence-corrected chi connectivity index (χ4v) is 5.77. The van der Waals surface area contributed by atoms with E-state index in [9.17, 15) is 17.2 Å². The Morgan fingerprint density at radius 2 is 1.71 bits per heavy atom. The zero-order valence-electron chi connectivity index (χ0n) is 19.3. The van der Waals surface area contributed by atoms with Crippen LogP contribution < -0.4 is 4.18 Å². The van der Waals surface area contributed by atoms with Crippen LogP contribution in [0.15, 0.2) is 77.8 Å². The fraction of sp³-hybridized carbons (Fsp3) is 0.259. The first-order valence-electron chi connectivity index (χ1n) is 11.6. The summed E-state index contributed by atoms with van der Waals surface area (Å²) >= 11 is 0. The molecule has 5 nitrogen and oxygen atoms in total. The van der Waals surface area contributed by atoms with E-state index >= 15 is 0 Å². The minimum atomic E-state index is -4.55. The number of aromatic nitrogens is 1. The summed E-state index contributed by atoms with van der Waals surface area (Å²) in [6, 6.07) is 18.2. The quantitative estimate of drug-likeness (QED) is 0.329. The van der Waals surface area contributed by atoms with Crippen molar-refractivity contribution in [1.29, 1.82) is 0 Å². The van der Waals surface area contributed by atoms with Crippen molar-refractivity contribution in [3.8, 4) is 5.75 Å². The fourth-order valence-electron chi connectivity index (χ4n) is 4.76. The highest BCUT2D eigenvalue weighted by molar-refractivity contribution is 7.87. The zero-order valence-corrected chi connectivity index (χ0v) is 20.1. The van der Waals surface area contributed by atoms with Crippen LogP contribution in [0.1, 0.15) is 29.9 Å². The van der Waals surface area contributed by atoms with Gasteiger partial charge in [-0.3, -0.25) is 0 Å². The molecule has 35 heavy (non-hydrogen) atoms. The van der Waals surface area contributed by atoms with Crippen molar-refractivity contribution in [1.82, 2.24) is 9.47 Å².